The van der Waals surface area contributed by atoms with Gasteiger partial charge in [-0.15, -0.1) is 0 Å². The normalized spacial score (nSPS) is 11.2. The quantitative estimate of drug-likeness (QED) is 0.905. The van der Waals surface area contributed by atoms with Crippen LogP contribution in [-0.4, -0.2) is 27.6 Å². The number of hydrogen-bond acceptors (Lipinski definition) is 3. The van der Waals surface area contributed by atoms with Crippen LogP contribution in [0.1, 0.15) is 27.0 Å². The fraction of sp³-hybridized carbons (Fsp3) is 0.278. The van der Waals surface area contributed by atoms with Crippen molar-refractivity contribution in [2.75, 3.05) is 17.6 Å². The second-order valence-corrected chi connectivity index (χ2v) is 7.69. The number of rotatable bonds is 5. The molecule has 0 aliphatic heterocycles. The SMILES string of the molecule is CNC(=O)c1ccc(CN(c2c(C)cccc2C)S(C)(=O)=O)cc1. The molecule has 6 heteroatoms. The van der Waals surface area contributed by atoms with Crippen LogP contribution in [0.4, 0.5) is 5.69 Å². The van der Waals surface area contributed by atoms with Crippen LogP contribution in [0, 0.1) is 13.8 Å². The van der Waals surface area contributed by atoms with Gasteiger partial charge in [-0.1, -0.05) is 30.3 Å². The van der Waals surface area contributed by atoms with Gasteiger partial charge in [-0.3, -0.25) is 9.10 Å². The van der Waals surface area contributed by atoms with E-state index >= 15 is 0 Å². The Morgan fingerprint density at radius 2 is 1.58 bits per heavy atom. The highest BCUT2D eigenvalue weighted by Crippen LogP contribution is 2.28. The first-order valence-electron chi connectivity index (χ1n) is 7.59. The third-order valence-electron chi connectivity index (χ3n) is 3.86. The van der Waals surface area contributed by atoms with Gasteiger partial charge in [0.25, 0.3) is 5.91 Å². The lowest BCUT2D eigenvalue weighted by molar-refractivity contribution is 0.0963. The highest BCUT2D eigenvalue weighted by molar-refractivity contribution is 7.92. The summed E-state index contributed by atoms with van der Waals surface area (Å²) in [6, 6.07) is 12.6. The van der Waals surface area contributed by atoms with Gasteiger partial charge in [-0.25, -0.2) is 8.42 Å². The molecule has 2 aromatic carbocycles. The highest BCUT2D eigenvalue weighted by atomic mass is 32.2. The largest absolute Gasteiger partial charge is 0.355 e. The first-order valence-corrected chi connectivity index (χ1v) is 9.44. The van der Waals surface area contributed by atoms with Gasteiger partial charge >= 0.3 is 0 Å². The summed E-state index contributed by atoms with van der Waals surface area (Å²) >= 11 is 0. The monoisotopic (exact) mass is 346 g/mol. The number of nitrogens with zero attached hydrogens (tertiary/aromatic N) is 1. The third kappa shape index (κ3) is 3.94. The first kappa shape index (κ1) is 18.0. The lowest BCUT2D eigenvalue weighted by Gasteiger charge is -2.26. The van der Waals surface area contributed by atoms with Crippen molar-refractivity contribution in [1.29, 1.82) is 0 Å². The Kier molecular flexibility index (Phi) is 5.29. The predicted molar refractivity (Wildman–Crippen MR) is 96.8 cm³/mol. The van der Waals surface area contributed by atoms with Crippen molar-refractivity contribution in [3.8, 4) is 0 Å². The van der Waals surface area contributed by atoms with E-state index in [9.17, 15) is 13.2 Å². The molecule has 0 aromatic heterocycles. The Hall–Kier alpha value is -2.34. The van der Waals surface area contributed by atoms with Crippen molar-refractivity contribution in [3.63, 3.8) is 0 Å². The first-order chi connectivity index (χ1) is 11.2. The number of sulfonamides is 1. The molecule has 2 aromatic rings. The molecule has 0 bridgehead atoms. The molecule has 2 rings (SSSR count). The summed E-state index contributed by atoms with van der Waals surface area (Å²) < 4.78 is 26.1. The van der Waals surface area contributed by atoms with E-state index in [1.54, 1.807) is 31.3 Å². The Bertz CT molecular complexity index is 823. The molecule has 0 spiro atoms. The highest BCUT2D eigenvalue weighted by Gasteiger charge is 2.21. The lowest BCUT2D eigenvalue weighted by atomic mass is 10.1. The van der Waals surface area contributed by atoms with Gasteiger partial charge in [0, 0.05) is 12.6 Å². The minimum atomic E-state index is -3.44. The summed E-state index contributed by atoms with van der Waals surface area (Å²) in [6.45, 7) is 4.02. The van der Waals surface area contributed by atoms with Crippen LogP contribution in [0.2, 0.25) is 0 Å². The van der Waals surface area contributed by atoms with Gasteiger partial charge in [0.1, 0.15) is 0 Å². The van der Waals surface area contributed by atoms with E-state index in [1.165, 1.54) is 10.6 Å². The van der Waals surface area contributed by atoms with Gasteiger partial charge in [0.2, 0.25) is 10.0 Å². The van der Waals surface area contributed by atoms with Crippen molar-refractivity contribution in [2.24, 2.45) is 0 Å². The average molecular weight is 346 g/mol. The maximum absolute atomic E-state index is 12.3. The zero-order valence-electron chi connectivity index (χ0n) is 14.3. The molecule has 0 fully saturated rings. The van der Waals surface area contributed by atoms with E-state index in [-0.39, 0.29) is 12.5 Å². The Morgan fingerprint density at radius 1 is 1.04 bits per heavy atom. The average Bonchev–Trinajstić information content (AvgIpc) is 2.52. The van der Waals surface area contributed by atoms with Crippen LogP contribution in [-0.2, 0) is 16.6 Å². The van der Waals surface area contributed by atoms with Gasteiger partial charge in [-0.2, -0.15) is 0 Å². The fourth-order valence-electron chi connectivity index (χ4n) is 2.63. The number of benzene rings is 2. The summed E-state index contributed by atoms with van der Waals surface area (Å²) in [5, 5.41) is 2.56. The van der Waals surface area contributed by atoms with Crippen LogP contribution >= 0.6 is 0 Å². The van der Waals surface area contributed by atoms with Gasteiger partial charge in [0.05, 0.1) is 18.5 Å². The lowest BCUT2D eigenvalue weighted by Crippen LogP contribution is -2.30. The molecule has 128 valence electrons. The second kappa shape index (κ2) is 7.05. The summed E-state index contributed by atoms with van der Waals surface area (Å²) in [7, 11) is -1.87. The number of aryl methyl sites for hydroxylation is 2. The minimum absolute atomic E-state index is 0.170. The van der Waals surface area contributed by atoms with E-state index in [0.717, 1.165) is 16.7 Å². The standard InChI is InChI=1S/C18H22N2O3S/c1-13-6-5-7-14(2)17(13)20(24(4,22)23)12-15-8-10-16(11-9-15)18(21)19-3/h5-11H,12H2,1-4H3,(H,19,21). The molecule has 0 unspecified atom stereocenters. The Balaban J connectivity index is 2.40. The number of hydrogen-bond donors (Lipinski definition) is 1. The van der Waals surface area contributed by atoms with Crippen LogP contribution in [0.25, 0.3) is 0 Å². The third-order valence-corrected chi connectivity index (χ3v) is 4.97. The van der Waals surface area contributed by atoms with Crippen molar-refractivity contribution in [2.45, 2.75) is 20.4 Å². The summed E-state index contributed by atoms with van der Waals surface area (Å²) in [5.74, 6) is -0.170. The molecule has 0 heterocycles. The Labute approximate surface area is 143 Å². The van der Waals surface area contributed by atoms with Crippen LogP contribution in [0.3, 0.4) is 0 Å². The molecule has 0 aliphatic rings. The summed E-state index contributed by atoms with van der Waals surface area (Å²) in [4.78, 5) is 11.6. The zero-order chi connectivity index (χ0) is 17.9. The van der Waals surface area contributed by atoms with E-state index in [1.807, 2.05) is 32.0 Å². The molecule has 0 aliphatic carbocycles. The van der Waals surface area contributed by atoms with Crippen LogP contribution in [0.5, 0.6) is 0 Å². The maximum atomic E-state index is 12.3. The zero-order valence-corrected chi connectivity index (χ0v) is 15.1. The molecule has 24 heavy (non-hydrogen) atoms. The van der Waals surface area contributed by atoms with Crippen LogP contribution in [0.15, 0.2) is 42.5 Å². The number of nitrogens with one attached hydrogen (secondary N) is 1. The van der Waals surface area contributed by atoms with E-state index in [2.05, 4.69) is 5.32 Å². The molecule has 1 N–H and O–H groups in total. The van der Waals surface area contributed by atoms with Crippen molar-refractivity contribution in [1.82, 2.24) is 5.32 Å². The molecule has 0 atom stereocenters. The molecule has 0 saturated heterocycles. The molecular formula is C18H22N2O3S. The Morgan fingerprint density at radius 3 is 2.04 bits per heavy atom. The topological polar surface area (TPSA) is 66.5 Å². The smallest absolute Gasteiger partial charge is 0.251 e. The number of anilines is 1. The van der Waals surface area contributed by atoms with E-state index in [0.29, 0.717) is 11.3 Å². The minimum Gasteiger partial charge on any atom is -0.355 e. The molecule has 1 amide bonds. The number of carbonyl (C=O) groups excluding carboxylic acids is 1. The van der Waals surface area contributed by atoms with Crippen molar-refractivity contribution < 1.29 is 13.2 Å². The van der Waals surface area contributed by atoms with E-state index in [4.69, 9.17) is 0 Å². The maximum Gasteiger partial charge on any atom is 0.251 e. The van der Waals surface area contributed by atoms with Gasteiger partial charge in [0.15, 0.2) is 0 Å². The molecule has 5 nitrogen and oxygen atoms in total. The number of amides is 1. The van der Waals surface area contributed by atoms with Gasteiger partial charge in [-0.05, 0) is 42.7 Å². The fourth-order valence-corrected chi connectivity index (χ4v) is 3.64. The summed E-state index contributed by atoms with van der Waals surface area (Å²) in [5.41, 5.74) is 3.87. The number of para-hydroxylation sites is 1. The molecule has 0 saturated carbocycles. The van der Waals surface area contributed by atoms with Crippen molar-refractivity contribution >= 4 is 21.6 Å². The van der Waals surface area contributed by atoms with Gasteiger partial charge < -0.3 is 5.32 Å². The number of carbonyl (C=O) groups is 1. The molecular weight excluding hydrogens is 324 g/mol. The predicted octanol–water partition coefficient (Wildman–Crippen LogP) is 2.63. The summed E-state index contributed by atoms with van der Waals surface area (Å²) in [6.07, 6.45) is 1.21. The molecule has 0 radical (unpaired) electrons. The van der Waals surface area contributed by atoms with E-state index < -0.39 is 10.0 Å². The second-order valence-electron chi connectivity index (χ2n) is 5.79. The van der Waals surface area contributed by atoms with Crippen LogP contribution < -0.4 is 9.62 Å². The van der Waals surface area contributed by atoms with Crippen molar-refractivity contribution in [3.05, 3.63) is 64.7 Å².